The summed E-state index contributed by atoms with van der Waals surface area (Å²) < 4.78 is 16.7. The van der Waals surface area contributed by atoms with E-state index in [0.717, 1.165) is 37.6 Å². The molecule has 0 atom stereocenters. The van der Waals surface area contributed by atoms with Gasteiger partial charge in [0.2, 0.25) is 6.79 Å². The van der Waals surface area contributed by atoms with Gasteiger partial charge in [-0.3, -0.25) is 0 Å². The lowest BCUT2D eigenvalue weighted by Gasteiger charge is -2.27. The van der Waals surface area contributed by atoms with E-state index in [4.69, 9.17) is 14.2 Å². The molecule has 0 amide bonds. The van der Waals surface area contributed by atoms with Gasteiger partial charge in [0.15, 0.2) is 11.5 Å². The van der Waals surface area contributed by atoms with Crippen LogP contribution < -0.4 is 42.4 Å². The zero-order chi connectivity index (χ0) is 29.4. The maximum Gasteiger partial charge on any atom is 0.231 e. The maximum atomic E-state index is 5.88. The highest BCUT2D eigenvalue weighted by Gasteiger charge is 2.44. The van der Waals surface area contributed by atoms with Crippen molar-refractivity contribution in [3.8, 4) is 11.5 Å². The van der Waals surface area contributed by atoms with Crippen LogP contribution in [0.1, 0.15) is 69.8 Å². The second kappa shape index (κ2) is 19.0. The Labute approximate surface area is 276 Å². The van der Waals surface area contributed by atoms with Gasteiger partial charge in [-0.25, -0.2) is 0 Å². The van der Waals surface area contributed by atoms with E-state index in [1.54, 1.807) is 0 Å². The van der Waals surface area contributed by atoms with E-state index >= 15 is 0 Å². The summed E-state index contributed by atoms with van der Waals surface area (Å²) in [6.45, 7) is 1.96. The van der Waals surface area contributed by atoms with Gasteiger partial charge in [0.25, 0.3) is 0 Å². The summed E-state index contributed by atoms with van der Waals surface area (Å²) in [5.74, 6) is 1.70. The second-order valence-corrected chi connectivity index (χ2v) is 15.2. The Hall–Kier alpha value is -2.65. The molecule has 4 aromatic carbocycles. The van der Waals surface area contributed by atoms with Gasteiger partial charge in [-0.2, -0.15) is 0 Å². The predicted octanol–water partition coefficient (Wildman–Crippen LogP) is 5.87. The van der Waals surface area contributed by atoms with Crippen molar-refractivity contribution < 1.29 is 31.2 Å². The minimum absolute atomic E-state index is 0. The SMILES string of the molecule is [Br-].c1ccc([P+](CCCCCCCCCCCCOCCc2ccc3c(c2)OCO3)(c2ccccc2)c2ccccc2)cc1. The molecule has 0 unspecified atom stereocenters. The zero-order valence-electron chi connectivity index (χ0n) is 26.0. The lowest BCUT2D eigenvalue weighted by molar-refractivity contribution is -0.0000110. The van der Waals surface area contributed by atoms with Gasteiger partial charge in [0.05, 0.1) is 12.8 Å². The van der Waals surface area contributed by atoms with Gasteiger partial charge in [0, 0.05) is 6.61 Å². The predicted molar refractivity (Wildman–Crippen MR) is 183 cm³/mol. The minimum Gasteiger partial charge on any atom is -1.00 e. The normalized spacial score (nSPS) is 12.2. The van der Waals surface area contributed by atoms with Gasteiger partial charge >= 0.3 is 0 Å². The molecule has 1 aliphatic rings. The first-order valence-corrected chi connectivity index (χ1v) is 18.3. The molecule has 1 aliphatic heterocycles. The van der Waals surface area contributed by atoms with E-state index in [0.29, 0.717) is 6.79 Å². The second-order valence-electron chi connectivity index (χ2n) is 11.6. The third-order valence-corrected chi connectivity index (χ3v) is 13.1. The third-order valence-electron chi connectivity index (χ3n) is 8.60. The number of hydrogen-bond acceptors (Lipinski definition) is 3. The smallest absolute Gasteiger partial charge is 0.231 e. The van der Waals surface area contributed by atoms with Gasteiger partial charge in [-0.15, -0.1) is 0 Å². The molecule has 5 rings (SSSR count). The highest BCUT2D eigenvalue weighted by atomic mass is 79.9. The number of halogens is 1. The molecular formula is C39H48BrO3P. The summed E-state index contributed by atoms with van der Waals surface area (Å²) in [4.78, 5) is 0. The van der Waals surface area contributed by atoms with Crippen LogP contribution in [0.3, 0.4) is 0 Å². The molecule has 4 aromatic rings. The first-order valence-electron chi connectivity index (χ1n) is 16.4. The third kappa shape index (κ3) is 9.67. The Morgan fingerprint density at radius 1 is 0.500 bits per heavy atom. The lowest BCUT2D eigenvalue weighted by Crippen LogP contribution is -3.00. The Morgan fingerprint density at radius 2 is 0.977 bits per heavy atom. The molecule has 0 radical (unpaired) electrons. The Balaban J connectivity index is 0.00000442. The van der Waals surface area contributed by atoms with Crippen molar-refractivity contribution in [2.24, 2.45) is 0 Å². The topological polar surface area (TPSA) is 27.7 Å². The van der Waals surface area contributed by atoms with Crippen LogP contribution >= 0.6 is 7.26 Å². The fourth-order valence-corrected chi connectivity index (χ4v) is 10.6. The summed E-state index contributed by atoms with van der Waals surface area (Å²) in [6.07, 6.45) is 15.3. The molecule has 0 fully saturated rings. The van der Waals surface area contributed by atoms with Crippen LogP contribution in [0.2, 0.25) is 0 Å². The average Bonchev–Trinajstić information content (AvgIpc) is 3.54. The molecule has 44 heavy (non-hydrogen) atoms. The van der Waals surface area contributed by atoms with Crippen LogP contribution in [-0.4, -0.2) is 26.2 Å². The monoisotopic (exact) mass is 674 g/mol. The van der Waals surface area contributed by atoms with Gasteiger partial charge in [0.1, 0.15) is 23.2 Å². The Bertz CT molecular complexity index is 1240. The van der Waals surface area contributed by atoms with Crippen LogP contribution in [0, 0.1) is 0 Å². The minimum atomic E-state index is -1.68. The molecule has 0 aromatic heterocycles. The molecule has 234 valence electrons. The maximum absolute atomic E-state index is 5.88. The molecule has 3 nitrogen and oxygen atoms in total. The van der Waals surface area contributed by atoms with Crippen molar-refractivity contribution in [1.29, 1.82) is 0 Å². The van der Waals surface area contributed by atoms with Crippen LogP contribution in [-0.2, 0) is 11.2 Å². The number of unbranched alkanes of at least 4 members (excludes halogenated alkanes) is 9. The van der Waals surface area contributed by atoms with E-state index in [-0.39, 0.29) is 17.0 Å². The molecular weight excluding hydrogens is 627 g/mol. The lowest BCUT2D eigenvalue weighted by atomic mass is 10.1. The molecule has 0 spiro atoms. The number of benzene rings is 4. The van der Waals surface area contributed by atoms with Crippen LogP contribution in [0.4, 0.5) is 0 Å². The summed E-state index contributed by atoms with van der Waals surface area (Å²) in [6, 6.07) is 40.1. The molecule has 1 heterocycles. The van der Waals surface area contributed by atoms with Crippen LogP contribution in [0.15, 0.2) is 109 Å². The van der Waals surface area contributed by atoms with Gasteiger partial charge in [-0.05, 0) is 79.8 Å². The molecule has 5 heteroatoms. The van der Waals surface area contributed by atoms with E-state index in [9.17, 15) is 0 Å². The van der Waals surface area contributed by atoms with Gasteiger partial charge < -0.3 is 31.2 Å². The first-order chi connectivity index (χ1) is 21.4. The van der Waals surface area contributed by atoms with Gasteiger partial charge in [-0.1, -0.05) is 106 Å². The fraction of sp³-hybridized carbons (Fsp3) is 0.385. The van der Waals surface area contributed by atoms with Crippen molar-refractivity contribution in [2.45, 2.75) is 70.6 Å². The molecule has 0 saturated heterocycles. The van der Waals surface area contributed by atoms with E-state index in [1.807, 2.05) is 6.07 Å². The number of fused-ring (bicyclic) bond motifs is 1. The summed E-state index contributed by atoms with van der Waals surface area (Å²) in [5, 5.41) is 4.51. The van der Waals surface area contributed by atoms with Crippen molar-refractivity contribution in [2.75, 3.05) is 26.2 Å². The summed E-state index contributed by atoms with van der Waals surface area (Å²) in [5.41, 5.74) is 1.24. The number of rotatable bonds is 19. The highest BCUT2D eigenvalue weighted by molar-refractivity contribution is 7.95. The molecule has 0 N–H and O–H groups in total. The van der Waals surface area contributed by atoms with E-state index in [1.165, 1.54) is 85.4 Å². The van der Waals surface area contributed by atoms with Crippen LogP contribution in [0.5, 0.6) is 11.5 Å². The van der Waals surface area contributed by atoms with Crippen molar-refractivity contribution in [3.63, 3.8) is 0 Å². The van der Waals surface area contributed by atoms with E-state index < -0.39 is 7.26 Å². The van der Waals surface area contributed by atoms with Crippen molar-refractivity contribution >= 4 is 23.2 Å². The molecule has 0 aliphatic carbocycles. The van der Waals surface area contributed by atoms with Crippen LogP contribution in [0.25, 0.3) is 0 Å². The van der Waals surface area contributed by atoms with Crippen molar-refractivity contribution in [3.05, 3.63) is 115 Å². The first kappa shape index (κ1) is 34.2. The largest absolute Gasteiger partial charge is 1.00 e. The van der Waals surface area contributed by atoms with E-state index in [2.05, 4.69) is 103 Å². The Kier molecular flexibility index (Phi) is 14.8. The quantitative estimate of drug-likeness (QED) is 0.0920. The Morgan fingerprint density at radius 3 is 1.52 bits per heavy atom. The average molecular weight is 676 g/mol. The molecule has 0 saturated carbocycles. The fourth-order valence-electron chi connectivity index (χ4n) is 6.24. The highest BCUT2D eigenvalue weighted by Crippen LogP contribution is 2.56. The standard InChI is InChI=1S/C39H48O3P.BrH/c1(3-5-7-18-29-40-30-28-34-26-27-38-39(32-34)42-33-41-38)2-4-6-8-19-31-43(35-20-12-9-13-21-35,36-22-14-10-15-23-36)37-24-16-11-17-25-37;/h9-17,20-27,32H,1-8,18-19,28-31,33H2;1H/q+1;/p-1. The summed E-state index contributed by atoms with van der Waals surface area (Å²) >= 11 is 0. The molecule has 0 bridgehead atoms. The number of hydrogen-bond donors (Lipinski definition) is 0. The summed E-state index contributed by atoms with van der Waals surface area (Å²) in [7, 11) is -1.68. The number of ether oxygens (including phenoxy) is 3. The zero-order valence-corrected chi connectivity index (χ0v) is 28.5. The van der Waals surface area contributed by atoms with Crippen molar-refractivity contribution in [1.82, 2.24) is 0 Å².